The third-order valence-corrected chi connectivity index (χ3v) is 2.77. The van der Waals surface area contributed by atoms with Gasteiger partial charge in [0.1, 0.15) is 10.7 Å². The summed E-state index contributed by atoms with van der Waals surface area (Å²) in [5.41, 5.74) is 7.20. The second-order valence-electron chi connectivity index (χ2n) is 3.69. The summed E-state index contributed by atoms with van der Waals surface area (Å²) < 4.78 is 6.95. The van der Waals surface area contributed by atoms with Crippen molar-refractivity contribution in [2.24, 2.45) is 5.73 Å². The molecule has 1 aromatic rings. The molecule has 0 fully saturated rings. The molecule has 1 unspecified atom stereocenters. The van der Waals surface area contributed by atoms with Gasteiger partial charge in [0.05, 0.1) is 18.3 Å². The highest BCUT2D eigenvalue weighted by Crippen LogP contribution is 2.15. The van der Waals surface area contributed by atoms with Crippen LogP contribution in [0.4, 0.5) is 0 Å². The number of nitrogens with two attached hydrogens (primary N) is 1. The van der Waals surface area contributed by atoms with Crippen molar-refractivity contribution in [1.29, 1.82) is 0 Å². The molecule has 6 heteroatoms. The Bertz CT molecular complexity index is 364. The Kier molecular flexibility index (Phi) is 4.82. The van der Waals surface area contributed by atoms with Crippen LogP contribution in [0.15, 0.2) is 0 Å². The van der Waals surface area contributed by atoms with Gasteiger partial charge < -0.3 is 10.5 Å². The Balaban J connectivity index is 3.03. The van der Waals surface area contributed by atoms with E-state index in [2.05, 4.69) is 24.2 Å². The Morgan fingerprint density at radius 3 is 2.81 bits per heavy atom. The van der Waals surface area contributed by atoms with Gasteiger partial charge >= 0.3 is 0 Å². The van der Waals surface area contributed by atoms with Crippen molar-refractivity contribution < 1.29 is 4.74 Å². The molecular formula is C10H18N4OS. The van der Waals surface area contributed by atoms with Gasteiger partial charge in [-0.05, 0) is 13.3 Å². The molecule has 1 heterocycles. The van der Waals surface area contributed by atoms with Gasteiger partial charge in [-0.15, -0.1) is 5.10 Å². The van der Waals surface area contributed by atoms with E-state index in [4.69, 9.17) is 22.7 Å². The van der Waals surface area contributed by atoms with E-state index >= 15 is 0 Å². The van der Waals surface area contributed by atoms with Crippen LogP contribution in [0.1, 0.15) is 37.7 Å². The summed E-state index contributed by atoms with van der Waals surface area (Å²) in [6, 6.07) is 0.294. The van der Waals surface area contributed by atoms with Crippen LogP contribution in [-0.4, -0.2) is 33.7 Å². The highest BCUT2D eigenvalue weighted by molar-refractivity contribution is 7.80. The van der Waals surface area contributed by atoms with E-state index < -0.39 is 0 Å². The van der Waals surface area contributed by atoms with Gasteiger partial charge in [0.25, 0.3) is 0 Å². The van der Waals surface area contributed by atoms with Crippen molar-refractivity contribution >= 4 is 17.2 Å². The average molecular weight is 242 g/mol. The number of hydrogen-bond acceptors (Lipinski definition) is 4. The van der Waals surface area contributed by atoms with Crippen LogP contribution in [0.2, 0.25) is 0 Å². The molecule has 0 radical (unpaired) electrons. The van der Waals surface area contributed by atoms with E-state index in [0.29, 0.717) is 23.3 Å². The summed E-state index contributed by atoms with van der Waals surface area (Å²) in [5.74, 6) is 0. The van der Waals surface area contributed by atoms with Crippen LogP contribution in [0.3, 0.4) is 0 Å². The van der Waals surface area contributed by atoms with Crippen LogP contribution in [0.25, 0.3) is 0 Å². The third-order valence-electron chi connectivity index (χ3n) is 2.58. The van der Waals surface area contributed by atoms with Crippen LogP contribution in [0.5, 0.6) is 0 Å². The fourth-order valence-corrected chi connectivity index (χ4v) is 1.62. The summed E-state index contributed by atoms with van der Waals surface area (Å²) in [7, 11) is 1.66. The van der Waals surface area contributed by atoms with Gasteiger partial charge in [0, 0.05) is 13.5 Å². The maximum absolute atomic E-state index is 5.62. The minimum atomic E-state index is 0.292. The zero-order valence-corrected chi connectivity index (χ0v) is 10.8. The molecule has 90 valence electrons. The smallest absolute Gasteiger partial charge is 0.143 e. The van der Waals surface area contributed by atoms with Crippen LogP contribution < -0.4 is 5.73 Å². The maximum atomic E-state index is 5.62. The van der Waals surface area contributed by atoms with Crippen molar-refractivity contribution in [3.63, 3.8) is 0 Å². The first-order valence-corrected chi connectivity index (χ1v) is 5.75. The number of methoxy groups -OCH3 is 1. The third kappa shape index (κ3) is 2.76. The van der Waals surface area contributed by atoms with Gasteiger partial charge in [0.15, 0.2) is 0 Å². The van der Waals surface area contributed by atoms with Crippen LogP contribution >= 0.6 is 12.2 Å². The monoisotopic (exact) mass is 242 g/mol. The Hall–Kier alpha value is -1.01. The van der Waals surface area contributed by atoms with E-state index in [-0.39, 0.29) is 0 Å². The predicted molar refractivity (Wildman–Crippen MR) is 66.5 cm³/mol. The van der Waals surface area contributed by atoms with Crippen LogP contribution in [-0.2, 0) is 11.2 Å². The fraction of sp³-hybridized carbons (Fsp3) is 0.700. The number of aromatic nitrogens is 3. The number of hydrogen-bond donors (Lipinski definition) is 1. The topological polar surface area (TPSA) is 66.0 Å². The van der Waals surface area contributed by atoms with Crippen molar-refractivity contribution in [3.05, 3.63) is 11.4 Å². The molecule has 16 heavy (non-hydrogen) atoms. The molecule has 0 aliphatic heterocycles. The molecular weight excluding hydrogens is 224 g/mol. The largest absolute Gasteiger partial charge is 0.388 e. The lowest BCUT2D eigenvalue weighted by molar-refractivity contribution is 0.199. The molecule has 0 aliphatic rings. The van der Waals surface area contributed by atoms with E-state index in [1.54, 1.807) is 7.11 Å². The Morgan fingerprint density at radius 2 is 2.31 bits per heavy atom. The number of thiocarbonyl (C=S) groups is 1. The van der Waals surface area contributed by atoms with Gasteiger partial charge in [-0.25, -0.2) is 4.68 Å². The minimum absolute atomic E-state index is 0.292. The predicted octanol–water partition coefficient (Wildman–Crippen LogP) is 1.07. The molecule has 0 saturated heterocycles. The lowest BCUT2D eigenvalue weighted by atomic mass is 10.2. The molecule has 0 amide bonds. The van der Waals surface area contributed by atoms with E-state index in [1.165, 1.54) is 0 Å². The molecule has 0 aromatic carbocycles. The van der Waals surface area contributed by atoms with Crippen molar-refractivity contribution in [1.82, 2.24) is 15.0 Å². The quantitative estimate of drug-likeness (QED) is 0.756. The average Bonchev–Trinajstić information content (AvgIpc) is 2.68. The molecule has 0 bridgehead atoms. The second-order valence-corrected chi connectivity index (χ2v) is 4.13. The molecule has 0 saturated carbocycles. The van der Waals surface area contributed by atoms with E-state index in [0.717, 1.165) is 18.5 Å². The summed E-state index contributed by atoms with van der Waals surface area (Å²) in [5, 5.41) is 8.13. The molecule has 1 aromatic heterocycles. The standard InChI is InChI=1S/C10H18N4OS/c1-4-7(2)14-8(5-6-15-3)9(10(11)16)12-13-14/h7H,4-6H2,1-3H3,(H2,11,16). The van der Waals surface area contributed by atoms with Crippen LogP contribution in [0, 0.1) is 0 Å². The first kappa shape index (κ1) is 13.1. The normalized spacial score (nSPS) is 12.7. The van der Waals surface area contributed by atoms with Crippen molar-refractivity contribution in [2.45, 2.75) is 32.7 Å². The Labute approximate surface area is 101 Å². The number of ether oxygens (including phenoxy) is 1. The zero-order valence-electron chi connectivity index (χ0n) is 9.93. The lowest BCUT2D eigenvalue weighted by Crippen LogP contribution is -2.17. The zero-order chi connectivity index (χ0) is 12.1. The first-order valence-electron chi connectivity index (χ1n) is 5.34. The Morgan fingerprint density at radius 1 is 1.62 bits per heavy atom. The second kappa shape index (κ2) is 5.91. The summed E-state index contributed by atoms with van der Waals surface area (Å²) in [6.07, 6.45) is 1.71. The first-order chi connectivity index (χ1) is 7.61. The lowest BCUT2D eigenvalue weighted by Gasteiger charge is -2.12. The summed E-state index contributed by atoms with van der Waals surface area (Å²) >= 11 is 4.96. The molecule has 5 nitrogen and oxygen atoms in total. The number of nitrogens with zero attached hydrogens (tertiary/aromatic N) is 3. The molecule has 0 spiro atoms. The van der Waals surface area contributed by atoms with Gasteiger partial charge in [0.2, 0.25) is 0 Å². The SMILES string of the molecule is CCC(C)n1nnc(C(N)=S)c1CCOC. The highest BCUT2D eigenvalue weighted by Gasteiger charge is 2.17. The van der Waals surface area contributed by atoms with E-state index in [1.807, 2.05) is 4.68 Å². The van der Waals surface area contributed by atoms with Crippen molar-refractivity contribution in [3.8, 4) is 0 Å². The van der Waals surface area contributed by atoms with Gasteiger partial charge in [-0.3, -0.25) is 0 Å². The summed E-state index contributed by atoms with van der Waals surface area (Å²) in [6.45, 7) is 4.81. The minimum Gasteiger partial charge on any atom is -0.388 e. The van der Waals surface area contributed by atoms with Gasteiger partial charge in [-0.1, -0.05) is 24.4 Å². The van der Waals surface area contributed by atoms with Crippen molar-refractivity contribution in [2.75, 3.05) is 13.7 Å². The number of rotatable bonds is 6. The fourth-order valence-electron chi connectivity index (χ4n) is 1.46. The molecule has 2 N–H and O–H groups in total. The van der Waals surface area contributed by atoms with Gasteiger partial charge in [-0.2, -0.15) is 0 Å². The molecule has 0 aliphatic carbocycles. The molecule has 1 rings (SSSR count). The highest BCUT2D eigenvalue weighted by atomic mass is 32.1. The summed E-state index contributed by atoms with van der Waals surface area (Å²) in [4.78, 5) is 0.292. The van der Waals surface area contributed by atoms with E-state index in [9.17, 15) is 0 Å². The maximum Gasteiger partial charge on any atom is 0.143 e. The molecule has 1 atom stereocenters.